The van der Waals surface area contributed by atoms with Crippen molar-refractivity contribution in [2.45, 2.75) is 39.7 Å². The van der Waals surface area contributed by atoms with E-state index in [-0.39, 0.29) is 5.91 Å². The summed E-state index contributed by atoms with van der Waals surface area (Å²) in [5, 5.41) is 0. The number of ether oxygens (including phenoxy) is 2. The minimum Gasteiger partial charge on any atom is -0.493 e. The van der Waals surface area contributed by atoms with Gasteiger partial charge in [0.05, 0.1) is 24.4 Å². The lowest BCUT2D eigenvalue weighted by Gasteiger charge is -2.08. The van der Waals surface area contributed by atoms with Gasteiger partial charge in [-0.05, 0) is 13.3 Å². The summed E-state index contributed by atoms with van der Waals surface area (Å²) in [4.78, 5) is 16.9. The lowest BCUT2D eigenvalue weighted by Crippen LogP contribution is -2.15. The number of amides is 1. The summed E-state index contributed by atoms with van der Waals surface area (Å²) in [6.07, 6.45) is 2.37. The summed E-state index contributed by atoms with van der Waals surface area (Å²) >= 11 is 1.50. The Balaban J connectivity index is 2.56. The molecule has 2 rings (SSSR count). The molecule has 120 valence electrons. The standard InChI is InChI=1S/C16H22N2O3S/c1-5-7-8-15(19)17-16-18(6-2)11-9-12(20-3)13(21-4)10-14(11)22-16/h9-10H,5-8H2,1-4H3. The highest BCUT2D eigenvalue weighted by atomic mass is 32.1. The van der Waals surface area contributed by atoms with Crippen LogP contribution in [0.4, 0.5) is 0 Å². The van der Waals surface area contributed by atoms with Crippen LogP contribution in [0.15, 0.2) is 17.1 Å². The molecule has 0 aliphatic heterocycles. The lowest BCUT2D eigenvalue weighted by molar-refractivity contribution is -0.118. The molecule has 1 aromatic heterocycles. The molecule has 5 nitrogen and oxygen atoms in total. The van der Waals surface area contributed by atoms with E-state index in [0.717, 1.165) is 34.4 Å². The largest absolute Gasteiger partial charge is 0.493 e. The van der Waals surface area contributed by atoms with Gasteiger partial charge in [0.2, 0.25) is 5.91 Å². The summed E-state index contributed by atoms with van der Waals surface area (Å²) in [5.41, 5.74) is 1.01. The first-order valence-electron chi connectivity index (χ1n) is 7.47. The molecule has 0 atom stereocenters. The van der Waals surface area contributed by atoms with Crippen LogP contribution in [0.2, 0.25) is 0 Å². The smallest absolute Gasteiger partial charge is 0.248 e. The van der Waals surface area contributed by atoms with Crippen LogP contribution in [0.5, 0.6) is 11.5 Å². The molecule has 0 saturated carbocycles. The topological polar surface area (TPSA) is 52.8 Å². The molecule has 22 heavy (non-hydrogen) atoms. The van der Waals surface area contributed by atoms with Crippen LogP contribution in [0.1, 0.15) is 33.1 Å². The first-order valence-corrected chi connectivity index (χ1v) is 8.29. The Morgan fingerprint density at radius 3 is 2.50 bits per heavy atom. The Labute approximate surface area is 134 Å². The van der Waals surface area contributed by atoms with Crippen molar-refractivity contribution in [1.82, 2.24) is 4.57 Å². The fourth-order valence-electron chi connectivity index (χ4n) is 2.28. The van der Waals surface area contributed by atoms with E-state index in [1.165, 1.54) is 11.3 Å². The van der Waals surface area contributed by atoms with E-state index < -0.39 is 0 Å². The molecule has 0 saturated heterocycles. The Morgan fingerprint density at radius 1 is 1.23 bits per heavy atom. The monoisotopic (exact) mass is 322 g/mol. The molecule has 0 aliphatic carbocycles. The van der Waals surface area contributed by atoms with Crippen LogP contribution >= 0.6 is 11.3 Å². The maximum atomic E-state index is 11.9. The molecule has 0 unspecified atom stereocenters. The lowest BCUT2D eigenvalue weighted by atomic mass is 10.2. The number of aryl methyl sites for hydroxylation is 1. The average molecular weight is 322 g/mol. The van der Waals surface area contributed by atoms with Crippen LogP contribution in [-0.4, -0.2) is 24.7 Å². The third-order valence-electron chi connectivity index (χ3n) is 3.47. The fraction of sp³-hybridized carbons (Fsp3) is 0.500. The van der Waals surface area contributed by atoms with Crippen LogP contribution in [-0.2, 0) is 11.3 Å². The van der Waals surface area contributed by atoms with Gasteiger partial charge in [-0.1, -0.05) is 24.7 Å². The van der Waals surface area contributed by atoms with Crippen molar-refractivity contribution in [3.05, 3.63) is 16.9 Å². The number of benzene rings is 1. The van der Waals surface area contributed by atoms with Gasteiger partial charge >= 0.3 is 0 Å². The van der Waals surface area contributed by atoms with E-state index in [9.17, 15) is 4.79 Å². The first kappa shape index (κ1) is 16.5. The molecule has 1 heterocycles. The van der Waals surface area contributed by atoms with Gasteiger partial charge in [-0.3, -0.25) is 4.79 Å². The highest BCUT2D eigenvalue weighted by molar-refractivity contribution is 7.16. The second kappa shape index (κ2) is 7.45. The number of thiazole rings is 1. The number of rotatable bonds is 6. The molecule has 0 bridgehead atoms. The van der Waals surface area contributed by atoms with Crippen molar-refractivity contribution < 1.29 is 14.3 Å². The minimum absolute atomic E-state index is 0.0606. The van der Waals surface area contributed by atoms with Crippen LogP contribution < -0.4 is 14.3 Å². The number of carbonyl (C=O) groups is 1. The molecule has 0 aliphatic rings. The molecule has 6 heteroatoms. The highest BCUT2D eigenvalue weighted by Gasteiger charge is 2.12. The van der Waals surface area contributed by atoms with Gasteiger partial charge in [-0.15, -0.1) is 0 Å². The summed E-state index contributed by atoms with van der Waals surface area (Å²) in [6.45, 7) is 4.85. The molecule has 0 fully saturated rings. The third-order valence-corrected chi connectivity index (χ3v) is 4.51. The van der Waals surface area contributed by atoms with Crippen molar-refractivity contribution in [3.63, 3.8) is 0 Å². The van der Waals surface area contributed by atoms with Crippen molar-refractivity contribution >= 4 is 27.5 Å². The minimum atomic E-state index is -0.0606. The van der Waals surface area contributed by atoms with Crippen LogP contribution in [0.25, 0.3) is 10.2 Å². The highest BCUT2D eigenvalue weighted by Crippen LogP contribution is 2.33. The Morgan fingerprint density at radius 2 is 1.91 bits per heavy atom. The van der Waals surface area contributed by atoms with Crippen LogP contribution in [0, 0.1) is 0 Å². The SMILES string of the molecule is CCCCC(=O)N=c1sc2cc(OC)c(OC)cc2n1CC. The van der Waals surface area contributed by atoms with E-state index in [1.807, 2.05) is 23.6 Å². The van der Waals surface area contributed by atoms with E-state index in [2.05, 4.69) is 11.9 Å². The predicted molar refractivity (Wildman–Crippen MR) is 88.7 cm³/mol. The average Bonchev–Trinajstić information content (AvgIpc) is 2.87. The molecule has 0 N–H and O–H groups in total. The van der Waals surface area contributed by atoms with Crippen molar-refractivity contribution in [1.29, 1.82) is 0 Å². The normalized spacial score (nSPS) is 11.9. The summed E-state index contributed by atoms with van der Waals surface area (Å²) in [5.74, 6) is 1.30. The Hall–Kier alpha value is -1.82. The van der Waals surface area contributed by atoms with Gasteiger partial charge < -0.3 is 14.0 Å². The summed E-state index contributed by atoms with van der Waals surface area (Å²) < 4.78 is 13.8. The van der Waals surface area contributed by atoms with Gasteiger partial charge in [-0.2, -0.15) is 4.99 Å². The van der Waals surface area contributed by atoms with Crippen LogP contribution in [0.3, 0.4) is 0 Å². The molecule has 0 spiro atoms. The van der Waals surface area contributed by atoms with Gasteiger partial charge in [0.15, 0.2) is 16.3 Å². The number of hydrogen-bond donors (Lipinski definition) is 0. The second-order valence-electron chi connectivity index (χ2n) is 4.91. The van der Waals surface area contributed by atoms with Gasteiger partial charge in [-0.25, -0.2) is 0 Å². The number of methoxy groups -OCH3 is 2. The maximum Gasteiger partial charge on any atom is 0.248 e. The molecule has 0 radical (unpaired) electrons. The maximum absolute atomic E-state index is 11.9. The summed E-state index contributed by atoms with van der Waals surface area (Å²) in [6, 6.07) is 3.87. The van der Waals surface area contributed by atoms with Crippen molar-refractivity contribution in [2.75, 3.05) is 14.2 Å². The number of unbranched alkanes of at least 4 members (excludes halogenated alkanes) is 1. The summed E-state index contributed by atoms with van der Waals surface area (Å²) in [7, 11) is 3.23. The third kappa shape index (κ3) is 3.32. The van der Waals surface area contributed by atoms with E-state index in [1.54, 1.807) is 14.2 Å². The quantitative estimate of drug-likeness (QED) is 0.819. The zero-order valence-electron chi connectivity index (χ0n) is 13.5. The molecule has 1 aromatic carbocycles. The molecule has 1 amide bonds. The van der Waals surface area contributed by atoms with Gasteiger partial charge in [0.1, 0.15) is 0 Å². The Bertz CT molecular complexity index is 731. The number of nitrogens with zero attached hydrogens (tertiary/aromatic N) is 2. The fourth-order valence-corrected chi connectivity index (χ4v) is 3.40. The molecular weight excluding hydrogens is 300 g/mol. The van der Waals surface area contributed by atoms with Gasteiger partial charge in [0, 0.05) is 25.1 Å². The van der Waals surface area contributed by atoms with E-state index in [0.29, 0.717) is 17.9 Å². The predicted octanol–water partition coefficient (Wildman–Crippen LogP) is 3.36. The van der Waals surface area contributed by atoms with E-state index >= 15 is 0 Å². The molecule has 2 aromatic rings. The van der Waals surface area contributed by atoms with E-state index in [4.69, 9.17) is 9.47 Å². The Kier molecular flexibility index (Phi) is 5.60. The first-order chi connectivity index (χ1) is 10.6. The second-order valence-corrected chi connectivity index (χ2v) is 5.92. The van der Waals surface area contributed by atoms with Crippen molar-refractivity contribution in [2.24, 2.45) is 4.99 Å². The number of hydrogen-bond acceptors (Lipinski definition) is 4. The van der Waals surface area contributed by atoms with Crippen molar-refractivity contribution in [3.8, 4) is 11.5 Å². The van der Waals surface area contributed by atoms with Gasteiger partial charge in [0.25, 0.3) is 0 Å². The number of fused-ring (bicyclic) bond motifs is 1. The zero-order chi connectivity index (χ0) is 16.1. The number of aromatic nitrogens is 1. The zero-order valence-corrected chi connectivity index (χ0v) is 14.3. The molecular formula is C16H22N2O3S. The number of carbonyl (C=O) groups excluding carboxylic acids is 1.